The highest BCUT2D eigenvalue weighted by molar-refractivity contribution is 5.93. The molecule has 3 aromatic heterocycles. The van der Waals surface area contributed by atoms with Gasteiger partial charge in [0.15, 0.2) is 5.65 Å². The van der Waals surface area contributed by atoms with Crippen molar-refractivity contribution in [1.82, 2.24) is 25.1 Å². The third-order valence-corrected chi connectivity index (χ3v) is 7.74. The number of nitrogens with zero attached hydrogens (tertiary/aromatic N) is 5. The number of pyridine rings is 2. The molecule has 6 nitrogen and oxygen atoms in total. The third kappa shape index (κ3) is 6.21. The smallest absolute Gasteiger partial charge is 0.181 e. The molecule has 0 bridgehead atoms. The highest BCUT2D eigenvalue weighted by Crippen LogP contribution is 2.32. The molecule has 0 radical (unpaired) electrons. The zero-order chi connectivity index (χ0) is 28.6. The van der Waals surface area contributed by atoms with Crippen molar-refractivity contribution >= 4 is 11.0 Å². The maximum absolute atomic E-state index is 9.45. The van der Waals surface area contributed by atoms with Crippen LogP contribution in [0.5, 0.6) is 0 Å². The van der Waals surface area contributed by atoms with E-state index in [9.17, 15) is 5.26 Å². The van der Waals surface area contributed by atoms with Crippen molar-refractivity contribution in [1.29, 1.82) is 5.26 Å². The van der Waals surface area contributed by atoms with Crippen LogP contribution in [0.15, 0.2) is 73.1 Å². The normalized spacial score (nSPS) is 13.1. The lowest BCUT2D eigenvalue weighted by atomic mass is 9.95. The first kappa shape index (κ1) is 28.2. The molecule has 6 rings (SSSR count). The fourth-order valence-electron chi connectivity index (χ4n) is 5.63. The molecule has 5 aromatic rings. The van der Waals surface area contributed by atoms with Crippen molar-refractivity contribution < 1.29 is 0 Å². The molecule has 1 fully saturated rings. The number of likely N-dealkylation sites (tertiary alicyclic amines) is 1. The van der Waals surface area contributed by atoms with Crippen LogP contribution in [-0.4, -0.2) is 44.7 Å². The van der Waals surface area contributed by atoms with Gasteiger partial charge < -0.3 is 4.90 Å². The van der Waals surface area contributed by atoms with E-state index < -0.39 is 0 Å². The predicted molar refractivity (Wildman–Crippen MR) is 167 cm³/mol. The van der Waals surface area contributed by atoms with Crippen LogP contribution >= 0.6 is 0 Å². The average molecular weight is 543 g/mol. The van der Waals surface area contributed by atoms with E-state index in [2.05, 4.69) is 57.3 Å². The summed E-state index contributed by atoms with van der Waals surface area (Å²) < 4.78 is 0. The first-order chi connectivity index (χ1) is 20.2. The summed E-state index contributed by atoms with van der Waals surface area (Å²) in [5, 5.41) is 18.1. The molecule has 1 N–H and O–H groups in total. The Bertz CT molecular complexity index is 1640. The summed E-state index contributed by atoms with van der Waals surface area (Å²) in [4.78, 5) is 11.7. The molecular weight excluding hydrogens is 504 g/mol. The van der Waals surface area contributed by atoms with Crippen molar-refractivity contribution in [2.75, 3.05) is 19.6 Å². The van der Waals surface area contributed by atoms with Crippen LogP contribution in [0.3, 0.4) is 0 Å². The number of aromatic nitrogens is 4. The van der Waals surface area contributed by atoms with Gasteiger partial charge in [0.1, 0.15) is 6.07 Å². The second kappa shape index (κ2) is 13.3. The topological polar surface area (TPSA) is 81.5 Å². The van der Waals surface area contributed by atoms with Crippen LogP contribution in [0, 0.1) is 11.3 Å². The van der Waals surface area contributed by atoms with Gasteiger partial charge in [-0.2, -0.15) is 10.4 Å². The van der Waals surface area contributed by atoms with Gasteiger partial charge in [-0.3, -0.25) is 10.1 Å². The molecule has 1 saturated heterocycles. The molecular formula is C35H38N6. The van der Waals surface area contributed by atoms with Crippen LogP contribution in [-0.2, 0) is 12.8 Å². The number of fused-ring (bicyclic) bond motifs is 1. The lowest BCUT2D eigenvalue weighted by Crippen LogP contribution is -2.22. The minimum Gasteiger partial charge on any atom is -0.303 e. The summed E-state index contributed by atoms with van der Waals surface area (Å²) >= 11 is 0. The third-order valence-electron chi connectivity index (χ3n) is 7.74. The number of H-pyrrole nitrogens is 1. The van der Waals surface area contributed by atoms with E-state index >= 15 is 0 Å². The van der Waals surface area contributed by atoms with Crippen molar-refractivity contribution in [3.8, 4) is 39.7 Å². The summed E-state index contributed by atoms with van der Waals surface area (Å²) in [6, 6.07) is 23.0. The SMILES string of the molecule is CC.CCCc1ccc(-c2cnc3n[nH]c(-c4ccc(-c5ncccc5C#N)cc4)c3c2)cc1CCN1CCCC1. The Balaban J connectivity index is 0.00000165. The van der Waals surface area contributed by atoms with E-state index in [0.29, 0.717) is 16.9 Å². The predicted octanol–water partition coefficient (Wildman–Crippen LogP) is 7.84. The van der Waals surface area contributed by atoms with E-state index in [1.807, 2.05) is 44.3 Å². The van der Waals surface area contributed by atoms with Crippen LogP contribution in [0.4, 0.5) is 0 Å². The maximum atomic E-state index is 9.45. The Kier molecular flexibility index (Phi) is 9.18. The Hall–Kier alpha value is -4.34. The molecule has 1 aliphatic heterocycles. The molecule has 1 aliphatic rings. The zero-order valence-corrected chi connectivity index (χ0v) is 24.3. The second-order valence-electron chi connectivity index (χ2n) is 10.3. The minimum absolute atomic E-state index is 0.566. The van der Waals surface area contributed by atoms with Gasteiger partial charge >= 0.3 is 0 Å². The highest BCUT2D eigenvalue weighted by atomic mass is 15.1. The standard InChI is InChI=1S/C33H32N6.C2H6/c1-2-6-23-8-13-26(19-27(23)14-18-39-16-3-4-17-39)29-20-30-32(37-38-33(30)36-22-29)25-11-9-24(10-12-25)31-28(21-34)7-5-15-35-31;1-2/h5,7-13,15,19-20,22H,2-4,6,14,16-18H2,1H3,(H,36,37,38);1-2H3. The maximum Gasteiger partial charge on any atom is 0.181 e. The van der Waals surface area contributed by atoms with Gasteiger partial charge in [0.2, 0.25) is 0 Å². The Morgan fingerprint density at radius 2 is 1.61 bits per heavy atom. The fourth-order valence-corrected chi connectivity index (χ4v) is 5.63. The number of benzene rings is 2. The van der Waals surface area contributed by atoms with Gasteiger partial charge in [0, 0.05) is 41.0 Å². The lowest BCUT2D eigenvalue weighted by molar-refractivity contribution is 0.343. The fraction of sp³-hybridized carbons (Fsp3) is 0.314. The van der Waals surface area contributed by atoms with Crippen LogP contribution in [0.2, 0.25) is 0 Å². The van der Waals surface area contributed by atoms with Crippen LogP contribution in [0.1, 0.15) is 56.7 Å². The van der Waals surface area contributed by atoms with Gasteiger partial charge in [-0.05, 0) is 73.7 Å². The first-order valence-electron chi connectivity index (χ1n) is 14.9. The largest absolute Gasteiger partial charge is 0.303 e. The van der Waals surface area contributed by atoms with Gasteiger partial charge in [-0.1, -0.05) is 69.7 Å². The van der Waals surface area contributed by atoms with Gasteiger partial charge in [0.05, 0.1) is 17.0 Å². The molecule has 0 aliphatic carbocycles. The molecule has 4 heterocycles. The molecule has 0 spiro atoms. The Morgan fingerprint density at radius 1 is 0.854 bits per heavy atom. The van der Waals surface area contributed by atoms with E-state index in [-0.39, 0.29) is 0 Å². The molecule has 2 aromatic carbocycles. The van der Waals surface area contributed by atoms with E-state index in [1.165, 1.54) is 42.6 Å². The first-order valence-corrected chi connectivity index (χ1v) is 14.9. The monoisotopic (exact) mass is 542 g/mol. The van der Waals surface area contributed by atoms with E-state index in [4.69, 9.17) is 4.98 Å². The molecule has 0 saturated carbocycles. The van der Waals surface area contributed by atoms with Crippen molar-refractivity contribution in [2.24, 2.45) is 0 Å². The summed E-state index contributed by atoms with van der Waals surface area (Å²) in [6.45, 7) is 9.85. The highest BCUT2D eigenvalue weighted by Gasteiger charge is 2.15. The van der Waals surface area contributed by atoms with Crippen molar-refractivity contribution in [3.05, 3.63) is 89.7 Å². The number of nitriles is 1. The number of aromatic amines is 1. The van der Waals surface area contributed by atoms with Gasteiger partial charge in [-0.25, -0.2) is 4.98 Å². The zero-order valence-electron chi connectivity index (χ0n) is 24.3. The summed E-state index contributed by atoms with van der Waals surface area (Å²) in [5.41, 5.74) is 10.0. The summed E-state index contributed by atoms with van der Waals surface area (Å²) in [7, 11) is 0. The number of hydrogen-bond donors (Lipinski definition) is 1. The van der Waals surface area contributed by atoms with Crippen molar-refractivity contribution in [3.63, 3.8) is 0 Å². The van der Waals surface area contributed by atoms with Crippen LogP contribution in [0.25, 0.3) is 44.7 Å². The van der Waals surface area contributed by atoms with Gasteiger partial charge in [0.25, 0.3) is 0 Å². The van der Waals surface area contributed by atoms with E-state index in [1.54, 1.807) is 18.3 Å². The summed E-state index contributed by atoms with van der Waals surface area (Å²) in [5.74, 6) is 0. The van der Waals surface area contributed by atoms with E-state index in [0.717, 1.165) is 53.6 Å². The molecule has 208 valence electrons. The van der Waals surface area contributed by atoms with Crippen molar-refractivity contribution in [2.45, 2.75) is 52.9 Å². The van der Waals surface area contributed by atoms with Crippen LogP contribution < -0.4 is 0 Å². The quantitative estimate of drug-likeness (QED) is 0.216. The van der Waals surface area contributed by atoms with Gasteiger partial charge in [-0.15, -0.1) is 0 Å². The molecule has 0 amide bonds. The molecule has 0 atom stereocenters. The Morgan fingerprint density at radius 3 is 2.37 bits per heavy atom. The minimum atomic E-state index is 0.566. The Labute approximate surface area is 243 Å². The summed E-state index contributed by atoms with van der Waals surface area (Å²) in [6.07, 6.45) is 9.65. The average Bonchev–Trinajstić information content (AvgIpc) is 3.72. The lowest BCUT2D eigenvalue weighted by Gasteiger charge is -2.17. The molecule has 41 heavy (non-hydrogen) atoms. The molecule has 0 unspecified atom stereocenters. The molecule has 6 heteroatoms. The second-order valence-corrected chi connectivity index (χ2v) is 10.3. The number of nitrogens with one attached hydrogen (secondary N) is 1. The number of hydrogen-bond acceptors (Lipinski definition) is 5. The number of aryl methyl sites for hydroxylation is 1. The number of rotatable bonds is 8.